The molecule has 2 fully saturated rings. The van der Waals surface area contributed by atoms with Crippen molar-refractivity contribution in [1.82, 2.24) is 30.0 Å². The first-order valence-electron chi connectivity index (χ1n) is 12.7. The monoisotopic (exact) mass is 499 g/mol. The fraction of sp³-hybridized carbons (Fsp3) is 0.444. The number of carbonyl (C=O) groups is 1. The fourth-order valence-electron chi connectivity index (χ4n) is 6.04. The number of nitriles is 1. The summed E-state index contributed by atoms with van der Waals surface area (Å²) < 4.78 is 13.3. The number of methoxy groups -OCH3 is 1. The van der Waals surface area contributed by atoms with E-state index in [2.05, 4.69) is 38.6 Å². The van der Waals surface area contributed by atoms with Crippen LogP contribution in [-0.4, -0.2) is 81.9 Å². The van der Waals surface area contributed by atoms with Crippen molar-refractivity contribution >= 4 is 5.91 Å². The Morgan fingerprint density at radius 3 is 2.84 bits per heavy atom. The van der Waals surface area contributed by atoms with Gasteiger partial charge in [0, 0.05) is 26.2 Å². The highest BCUT2D eigenvalue weighted by molar-refractivity contribution is 5.85. The van der Waals surface area contributed by atoms with Crippen molar-refractivity contribution in [3.05, 3.63) is 64.5 Å². The number of ether oxygens (including phenoxy) is 2. The van der Waals surface area contributed by atoms with E-state index >= 15 is 0 Å². The normalized spacial score (nSPS) is 23.3. The zero-order valence-electron chi connectivity index (χ0n) is 21.0. The fourth-order valence-corrected chi connectivity index (χ4v) is 6.04. The summed E-state index contributed by atoms with van der Waals surface area (Å²) >= 11 is 0. The molecule has 1 unspecified atom stereocenters. The Hall–Kier alpha value is -3.81. The standard InChI is InChI=1S/C27H29N7O3/c1-17-21(7-8-25(36-2)24(17)12-28)26-14-32-9-10-33(13-20(32)15-37-26)27(35)23-5-3-18-11-19(4-6-22(18)23)34-16-29-30-31-34/h4,6-8,11,16,20,23,26H,3,5,9-10,13-15H2,1-2H3/t20-,23?,26+/m0/s1. The van der Waals surface area contributed by atoms with Gasteiger partial charge in [-0.3, -0.25) is 9.69 Å². The summed E-state index contributed by atoms with van der Waals surface area (Å²) in [6, 6.07) is 12.4. The number of nitrogens with zero attached hydrogens (tertiary/aromatic N) is 7. The molecule has 0 radical (unpaired) electrons. The van der Waals surface area contributed by atoms with Gasteiger partial charge in [0.25, 0.3) is 0 Å². The quantitative estimate of drug-likeness (QED) is 0.537. The Labute approximate surface area is 215 Å². The third-order valence-corrected chi connectivity index (χ3v) is 8.07. The average molecular weight is 500 g/mol. The predicted octanol–water partition coefficient (Wildman–Crippen LogP) is 2.17. The first-order valence-corrected chi connectivity index (χ1v) is 12.7. The molecule has 2 saturated heterocycles. The van der Waals surface area contributed by atoms with Crippen molar-refractivity contribution in [1.29, 1.82) is 5.26 Å². The lowest BCUT2D eigenvalue weighted by Crippen LogP contribution is -2.60. The molecule has 1 aromatic heterocycles. The second-order valence-electron chi connectivity index (χ2n) is 9.95. The molecule has 1 amide bonds. The lowest BCUT2D eigenvalue weighted by Gasteiger charge is -2.46. The highest BCUT2D eigenvalue weighted by Crippen LogP contribution is 2.37. The van der Waals surface area contributed by atoms with Crippen molar-refractivity contribution in [2.45, 2.75) is 37.8 Å². The Kier molecular flexibility index (Phi) is 6.10. The third-order valence-electron chi connectivity index (χ3n) is 8.07. The third kappa shape index (κ3) is 4.14. The van der Waals surface area contributed by atoms with Crippen LogP contribution in [0.15, 0.2) is 36.7 Å². The molecular weight excluding hydrogens is 470 g/mol. The topological polar surface area (TPSA) is 109 Å². The van der Waals surface area contributed by atoms with Crippen LogP contribution in [0.4, 0.5) is 0 Å². The number of tetrazole rings is 1. The van der Waals surface area contributed by atoms with Crippen LogP contribution in [0.1, 0.15) is 46.3 Å². The van der Waals surface area contributed by atoms with E-state index in [1.807, 2.05) is 30.0 Å². The molecule has 0 spiro atoms. The summed E-state index contributed by atoms with van der Waals surface area (Å²) in [4.78, 5) is 18.0. The SMILES string of the molecule is COc1ccc([C@H]2CN3CCN(C(=O)C4CCc5cc(-n6cnnn6)ccc54)C[C@H]3CO2)c(C)c1C#N. The van der Waals surface area contributed by atoms with Gasteiger partial charge in [0.15, 0.2) is 0 Å². The molecular formula is C27H29N7O3. The number of rotatable bonds is 4. The van der Waals surface area contributed by atoms with Crippen LogP contribution in [0.5, 0.6) is 5.75 Å². The number of carbonyl (C=O) groups excluding carboxylic acids is 1. The molecule has 0 bridgehead atoms. The van der Waals surface area contributed by atoms with E-state index in [4.69, 9.17) is 9.47 Å². The molecule has 2 aromatic carbocycles. The van der Waals surface area contributed by atoms with E-state index in [-0.39, 0.29) is 24.0 Å². The maximum Gasteiger partial charge on any atom is 0.230 e. The number of benzene rings is 2. The van der Waals surface area contributed by atoms with E-state index in [9.17, 15) is 10.1 Å². The van der Waals surface area contributed by atoms with E-state index in [1.54, 1.807) is 18.1 Å². The van der Waals surface area contributed by atoms with Gasteiger partial charge in [-0.05, 0) is 70.6 Å². The number of hydrogen-bond donors (Lipinski definition) is 0. The number of hydrogen-bond acceptors (Lipinski definition) is 8. The molecule has 190 valence electrons. The van der Waals surface area contributed by atoms with Crippen LogP contribution in [-0.2, 0) is 16.0 Å². The molecule has 3 aliphatic rings. The highest BCUT2D eigenvalue weighted by Gasteiger charge is 2.39. The Morgan fingerprint density at radius 2 is 2.05 bits per heavy atom. The van der Waals surface area contributed by atoms with E-state index in [1.165, 1.54) is 5.56 Å². The predicted molar refractivity (Wildman–Crippen MR) is 133 cm³/mol. The van der Waals surface area contributed by atoms with Crippen LogP contribution >= 0.6 is 0 Å². The number of aryl methyl sites for hydroxylation is 1. The first kappa shape index (κ1) is 23.6. The number of fused-ring (bicyclic) bond motifs is 2. The van der Waals surface area contributed by atoms with Gasteiger partial charge in [-0.25, -0.2) is 4.68 Å². The van der Waals surface area contributed by atoms with E-state index in [0.29, 0.717) is 31.0 Å². The molecule has 10 heteroatoms. The largest absolute Gasteiger partial charge is 0.495 e. The van der Waals surface area contributed by atoms with Crippen molar-refractivity contribution in [3.8, 4) is 17.5 Å². The lowest BCUT2D eigenvalue weighted by atomic mass is 9.95. The number of amides is 1. The molecule has 3 atom stereocenters. The minimum atomic E-state index is -0.104. The van der Waals surface area contributed by atoms with E-state index < -0.39 is 0 Å². The minimum absolute atomic E-state index is 0.104. The molecule has 10 nitrogen and oxygen atoms in total. The second kappa shape index (κ2) is 9.57. The molecule has 0 N–H and O–H groups in total. The molecule has 2 aliphatic heterocycles. The van der Waals surface area contributed by atoms with Crippen LogP contribution in [0.2, 0.25) is 0 Å². The van der Waals surface area contributed by atoms with Crippen LogP contribution in [0.25, 0.3) is 5.69 Å². The first-order chi connectivity index (χ1) is 18.1. The zero-order chi connectivity index (χ0) is 25.5. The summed E-state index contributed by atoms with van der Waals surface area (Å²) in [5, 5.41) is 21.0. The molecule has 1 aliphatic carbocycles. The van der Waals surface area contributed by atoms with Gasteiger partial charge in [0.1, 0.15) is 18.1 Å². The number of morpholine rings is 1. The summed E-state index contributed by atoms with van der Waals surface area (Å²) in [5.74, 6) is 0.693. The molecule has 6 rings (SSSR count). The van der Waals surface area contributed by atoms with Gasteiger partial charge >= 0.3 is 0 Å². The molecule has 37 heavy (non-hydrogen) atoms. The average Bonchev–Trinajstić information content (AvgIpc) is 3.62. The summed E-state index contributed by atoms with van der Waals surface area (Å²) in [6.07, 6.45) is 3.18. The van der Waals surface area contributed by atoms with Crippen LogP contribution in [0.3, 0.4) is 0 Å². The molecule has 3 heterocycles. The highest BCUT2D eigenvalue weighted by atomic mass is 16.5. The Morgan fingerprint density at radius 1 is 1.19 bits per heavy atom. The van der Waals surface area contributed by atoms with Gasteiger partial charge in [-0.1, -0.05) is 12.1 Å². The van der Waals surface area contributed by atoms with Crippen molar-refractivity contribution in [3.63, 3.8) is 0 Å². The maximum absolute atomic E-state index is 13.6. The molecule has 3 aromatic rings. The van der Waals surface area contributed by atoms with Crippen molar-refractivity contribution in [2.75, 3.05) is 39.9 Å². The van der Waals surface area contributed by atoms with Gasteiger partial charge in [0.05, 0.1) is 43.0 Å². The number of piperazine rings is 1. The summed E-state index contributed by atoms with van der Waals surface area (Å²) in [7, 11) is 1.58. The van der Waals surface area contributed by atoms with Gasteiger partial charge in [0.2, 0.25) is 5.91 Å². The van der Waals surface area contributed by atoms with Gasteiger partial charge in [-0.2, -0.15) is 5.26 Å². The smallest absolute Gasteiger partial charge is 0.230 e. The minimum Gasteiger partial charge on any atom is -0.495 e. The second-order valence-corrected chi connectivity index (χ2v) is 9.95. The summed E-state index contributed by atoms with van der Waals surface area (Å²) in [6.45, 7) is 5.45. The van der Waals surface area contributed by atoms with Gasteiger partial charge < -0.3 is 14.4 Å². The zero-order valence-corrected chi connectivity index (χ0v) is 21.0. The summed E-state index contributed by atoms with van der Waals surface area (Å²) in [5.41, 5.74) is 5.71. The van der Waals surface area contributed by atoms with Crippen LogP contribution in [0, 0.1) is 18.3 Å². The maximum atomic E-state index is 13.6. The number of aromatic nitrogens is 4. The Bertz CT molecular complexity index is 1370. The van der Waals surface area contributed by atoms with E-state index in [0.717, 1.165) is 48.3 Å². The van der Waals surface area contributed by atoms with Crippen LogP contribution < -0.4 is 4.74 Å². The van der Waals surface area contributed by atoms with Crippen molar-refractivity contribution < 1.29 is 14.3 Å². The lowest BCUT2D eigenvalue weighted by molar-refractivity contribution is -0.141. The van der Waals surface area contributed by atoms with Crippen molar-refractivity contribution in [2.24, 2.45) is 0 Å². The van der Waals surface area contributed by atoms with Gasteiger partial charge in [-0.15, -0.1) is 5.10 Å². The molecule has 0 saturated carbocycles. The Balaban J connectivity index is 1.12.